The fraction of sp³-hybridized carbons (Fsp3) is 0.308. The SMILES string of the molecule is CCCCOc1oc(=O)c2cc(N)ccc2c1Cl. The van der Waals surface area contributed by atoms with Crippen molar-refractivity contribution in [2.45, 2.75) is 19.8 Å². The number of hydrogen-bond donors (Lipinski definition) is 1. The molecule has 1 aromatic heterocycles. The third kappa shape index (κ3) is 2.43. The molecule has 0 unspecified atom stereocenters. The van der Waals surface area contributed by atoms with Crippen LogP contribution < -0.4 is 16.1 Å². The Labute approximate surface area is 109 Å². The molecule has 4 nitrogen and oxygen atoms in total. The fourth-order valence-corrected chi connectivity index (χ4v) is 1.88. The van der Waals surface area contributed by atoms with E-state index in [2.05, 4.69) is 0 Å². The quantitative estimate of drug-likeness (QED) is 0.682. The van der Waals surface area contributed by atoms with Crippen LogP contribution in [0.5, 0.6) is 5.95 Å². The Hall–Kier alpha value is -1.68. The van der Waals surface area contributed by atoms with Crippen LogP contribution in [0, 0.1) is 0 Å². The van der Waals surface area contributed by atoms with Crippen LogP contribution in [0.15, 0.2) is 27.4 Å². The minimum absolute atomic E-state index is 0.0763. The number of hydrogen-bond acceptors (Lipinski definition) is 4. The normalized spacial score (nSPS) is 10.8. The molecular weight excluding hydrogens is 254 g/mol. The number of halogens is 1. The maximum atomic E-state index is 11.8. The molecule has 5 heteroatoms. The number of fused-ring (bicyclic) bond motifs is 1. The zero-order valence-corrected chi connectivity index (χ0v) is 10.8. The number of benzene rings is 1. The molecule has 2 aromatic rings. The van der Waals surface area contributed by atoms with Gasteiger partial charge in [-0.05, 0) is 18.6 Å². The number of nitrogens with two attached hydrogens (primary N) is 1. The highest BCUT2D eigenvalue weighted by atomic mass is 35.5. The van der Waals surface area contributed by atoms with Gasteiger partial charge in [0.05, 0.1) is 12.0 Å². The van der Waals surface area contributed by atoms with Gasteiger partial charge < -0.3 is 14.9 Å². The second-order valence-electron chi connectivity index (χ2n) is 4.00. The van der Waals surface area contributed by atoms with E-state index in [-0.39, 0.29) is 5.95 Å². The van der Waals surface area contributed by atoms with E-state index in [9.17, 15) is 4.79 Å². The molecule has 96 valence electrons. The molecule has 0 fully saturated rings. The molecule has 2 N–H and O–H groups in total. The Morgan fingerprint density at radius 3 is 2.89 bits per heavy atom. The first kappa shape index (κ1) is 12.8. The minimum Gasteiger partial charge on any atom is -0.464 e. The van der Waals surface area contributed by atoms with Crippen LogP contribution in [-0.4, -0.2) is 6.61 Å². The van der Waals surface area contributed by atoms with E-state index in [0.717, 1.165) is 12.8 Å². The van der Waals surface area contributed by atoms with Crippen molar-refractivity contribution in [2.75, 3.05) is 12.3 Å². The van der Waals surface area contributed by atoms with Gasteiger partial charge in [-0.1, -0.05) is 31.0 Å². The largest absolute Gasteiger partial charge is 0.464 e. The summed E-state index contributed by atoms with van der Waals surface area (Å²) in [4.78, 5) is 11.8. The van der Waals surface area contributed by atoms with Gasteiger partial charge in [-0.3, -0.25) is 0 Å². The summed E-state index contributed by atoms with van der Waals surface area (Å²) >= 11 is 6.15. The van der Waals surface area contributed by atoms with Crippen LogP contribution >= 0.6 is 11.6 Å². The van der Waals surface area contributed by atoms with Gasteiger partial charge in [0.25, 0.3) is 0 Å². The molecule has 0 saturated carbocycles. The molecular formula is C13H14ClNO3. The zero-order chi connectivity index (χ0) is 13.1. The van der Waals surface area contributed by atoms with Gasteiger partial charge in [0.1, 0.15) is 5.02 Å². The summed E-state index contributed by atoms with van der Waals surface area (Å²) in [5.74, 6) is 0.0763. The highest BCUT2D eigenvalue weighted by Gasteiger charge is 2.13. The van der Waals surface area contributed by atoms with Gasteiger partial charge in [0.15, 0.2) is 0 Å². The highest BCUT2D eigenvalue weighted by molar-refractivity contribution is 6.36. The van der Waals surface area contributed by atoms with Crippen LogP contribution in [0.3, 0.4) is 0 Å². The van der Waals surface area contributed by atoms with Crippen molar-refractivity contribution in [3.05, 3.63) is 33.6 Å². The van der Waals surface area contributed by atoms with Gasteiger partial charge in [-0.15, -0.1) is 0 Å². The van der Waals surface area contributed by atoms with Crippen molar-refractivity contribution >= 4 is 28.1 Å². The first-order valence-corrected chi connectivity index (χ1v) is 6.16. The number of nitrogen functional groups attached to an aromatic ring is 1. The second kappa shape index (κ2) is 5.31. The summed E-state index contributed by atoms with van der Waals surface area (Å²) in [7, 11) is 0. The van der Waals surface area contributed by atoms with E-state index in [0.29, 0.717) is 28.1 Å². The van der Waals surface area contributed by atoms with Crippen LogP contribution in [0.2, 0.25) is 5.02 Å². The van der Waals surface area contributed by atoms with Gasteiger partial charge in [-0.25, -0.2) is 4.79 Å². The van der Waals surface area contributed by atoms with Crippen molar-refractivity contribution in [2.24, 2.45) is 0 Å². The van der Waals surface area contributed by atoms with E-state index >= 15 is 0 Å². The lowest BCUT2D eigenvalue weighted by Gasteiger charge is -2.07. The molecule has 0 spiro atoms. The average molecular weight is 268 g/mol. The smallest absolute Gasteiger partial charge is 0.346 e. The van der Waals surface area contributed by atoms with Crippen LogP contribution in [0.25, 0.3) is 10.8 Å². The lowest BCUT2D eigenvalue weighted by atomic mass is 10.1. The predicted molar refractivity (Wildman–Crippen MR) is 72.3 cm³/mol. The molecule has 1 heterocycles. The molecule has 0 atom stereocenters. The molecule has 2 rings (SSSR count). The molecule has 0 amide bonds. The number of ether oxygens (including phenoxy) is 1. The van der Waals surface area contributed by atoms with Gasteiger partial charge in [0, 0.05) is 11.1 Å². The Kier molecular flexibility index (Phi) is 3.77. The Bertz CT molecular complexity index is 621. The van der Waals surface area contributed by atoms with Gasteiger partial charge in [0.2, 0.25) is 0 Å². The fourth-order valence-electron chi connectivity index (χ4n) is 1.62. The van der Waals surface area contributed by atoms with Crippen molar-refractivity contribution in [1.29, 1.82) is 0 Å². The minimum atomic E-state index is -0.492. The first-order valence-electron chi connectivity index (χ1n) is 5.78. The van der Waals surface area contributed by atoms with Crippen molar-refractivity contribution in [3.8, 4) is 5.95 Å². The van der Waals surface area contributed by atoms with E-state index in [1.165, 1.54) is 0 Å². The Balaban J connectivity index is 2.48. The lowest BCUT2D eigenvalue weighted by Crippen LogP contribution is -2.05. The molecule has 1 aromatic carbocycles. The number of rotatable bonds is 4. The summed E-state index contributed by atoms with van der Waals surface area (Å²) in [6.45, 7) is 2.52. The van der Waals surface area contributed by atoms with E-state index in [1.807, 2.05) is 6.92 Å². The van der Waals surface area contributed by atoms with Gasteiger partial charge >= 0.3 is 11.6 Å². The summed E-state index contributed by atoms with van der Waals surface area (Å²) in [6, 6.07) is 4.92. The molecule has 0 radical (unpaired) electrons. The number of unbranched alkanes of at least 4 members (excludes halogenated alkanes) is 1. The number of anilines is 1. The zero-order valence-electron chi connectivity index (χ0n) is 10.0. The van der Waals surface area contributed by atoms with Gasteiger partial charge in [-0.2, -0.15) is 0 Å². The van der Waals surface area contributed by atoms with E-state index < -0.39 is 5.63 Å². The van der Waals surface area contributed by atoms with Crippen molar-refractivity contribution in [3.63, 3.8) is 0 Å². The molecule has 18 heavy (non-hydrogen) atoms. The van der Waals surface area contributed by atoms with Crippen LogP contribution in [-0.2, 0) is 0 Å². The van der Waals surface area contributed by atoms with Crippen molar-refractivity contribution in [1.82, 2.24) is 0 Å². The average Bonchev–Trinajstić information content (AvgIpc) is 2.35. The maximum Gasteiger partial charge on any atom is 0.346 e. The monoisotopic (exact) mass is 267 g/mol. The molecule has 0 saturated heterocycles. The Morgan fingerprint density at radius 1 is 1.39 bits per heavy atom. The Morgan fingerprint density at radius 2 is 2.17 bits per heavy atom. The maximum absolute atomic E-state index is 11.8. The summed E-state index contributed by atoms with van der Waals surface area (Å²) < 4.78 is 10.4. The van der Waals surface area contributed by atoms with Crippen molar-refractivity contribution < 1.29 is 9.15 Å². The third-order valence-electron chi connectivity index (χ3n) is 2.60. The summed E-state index contributed by atoms with van der Waals surface area (Å²) in [5, 5.41) is 1.26. The predicted octanol–water partition coefficient (Wildman–Crippen LogP) is 3.21. The molecule has 0 bridgehead atoms. The summed E-state index contributed by atoms with van der Waals surface area (Å²) in [6.07, 6.45) is 1.87. The van der Waals surface area contributed by atoms with Crippen LogP contribution in [0.1, 0.15) is 19.8 Å². The standard InChI is InChI=1S/C13H14ClNO3/c1-2-3-6-17-13-11(14)9-5-4-8(15)7-10(9)12(16)18-13/h4-5,7H,2-3,6,15H2,1H3. The lowest BCUT2D eigenvalue weighted by molar-refractivity contribution is 0.228. The molecule has 0 aliphatic carbocycles. The van der Waals surface area contributed by atoms with Crippen LogP contribution in [0.4, 0.5) is 5.69 Å². The molecule has 0 aliphatic rings. The van der Waals surface area contributed by atoms with E-state index in [4.69, 9.17) is 26.5 Å². The highest BCUT2D eigenvalue weighted by Crippen LogP contribution is 2.31. The third-order valence-corrected chi connectivity index (χ3v) is 2.95. The van der Waals surface area contributed by atoms with E-state index in [1.54, 1.807) is 18.2 Å². The topological polar surface area (TPSA) is 65.5 Å². The first-order chi connectivity index (χ1) is 8.63. The second-order valence-corrected chi connectivity index (χ2v) is 4.38. The molecule has 0 aliphatic heterocycles. The summed E-state index contributed by atoms with van der Waals surface area (Å²) in [5.41, 5.74) is 5.62.